The number of carbonyl (C=O) groups is 1. The van der Waals surface area contributed by atoms with Gasteiger partial charge in [0.1, 0.15) is 6.61 Å². The summed E-state index contributed by atoms with van der Waals surface area (Å²) in [4.78, 5) is 17.5. The molecule has 6 rings (SSSR count). The number of aryl methyl sites for hydroxylation is 1. The molecule has 0 spiro atoms. The van der Waals surface area contributed by atoms with Crippen LogP contribution >= 0.6 is 27.3 Å². The predicted molar refractivity (Wildman–Crippen MR) is 191 cm³/mol. The third-order valence-electron chi connectivity index (χ3n) is 7.25. The number of thiazole rings is 1. The molecular weight excluding hydrogens is 660 g/mol. The molecule has 1 amide bonds. The molecule has 0 saturated heterocycles. The van der Waals surface area contributed by atoms with Crippen molar-refractivity contribution >= 4 is 61.0 Å². The van der Waals surface area contributed by atoms with Crippen molar-refractivity contribution in [3.63, 3.8) is 0 Å². The summed E-state index contributed by atoms with van der Waals surface area (Å²) in [6.45, 7) is 4.85. The second kappa shape index (κ2) is 14.4. The molecule has 0 aliphatic rings. The molecule has 2 N–H and O–H groups in total. The number of halogens is 1. The average Bonchev–Trinajstić information content (AvgIpc) is 3.55. The van der Waals surface area contributed by atoms with Gasteiger partial charge in [-0.1, -0.05) is 72.3 Å². The van der Waals surface area contributed by atoms with Gasteiger partial charge in [-0.25, -0.2) is 10.4 Å². The minimum Gasteiger partial charge on any atom is -0.490 e. The van der Waals surface area contributed by atoms with E-state index < -0.39 is 0 Å². The predicted octanol–water partition coefficient (Wildman–Crippen LogP) is 9.52. The molecule has 0 aliphatic heterocycles. The Morgan fingerprint density at radius 3 is 2.50 bits per heavy atom. The van der Waals surface area contributed by atoms with Gasteiger partial charge >= 0.3 is 0 Å². The lowest BCUT2D eigenvalue weighted by atomic mass is 10.1. The Morgan fingerprint density at radius 2 is 1.70 bits per heavy atom. The van der Waals surface area contributed by atoms with Crippen molar-refractivity contribution < 1.29 is 14.3 Å². The number of nitrogens with one attached hydrogen (secondary N) is 2. The Kier molecular flexibility index (Phi) is 9.71. The van der Waals surface area contributed by atoms with Crippen LogP contribution in [0.1, 0.15) is 34.0 Å². The number of anilines is 2. The van der Waals surface area contributed by atoms with Gasteiger partial charge in [0.2, 0.25) is 0 Å². The number of rotatable bonds is 11. The van der Waals surface area contributed by atoms with E-state index in [1.165, 1.54) is 22.3 Å². The molecule has 0 bridgehead atoms. The molecule has 6 aromatic rings. The number of fused-ring (bicyclic) bond motifs is 1. The average molecular weight is 692 g/mol. The lowest BCUT2D eigenvalue weighted by Gasteiger charge is -2.15. The largest absolute Gasteiger partial charge is 0.490 e. The van der Waals surface area contributed by atoms with Crippen molar-refractivity contribution in [1.29, 1.82) is 0 Å². The highest BCUT2D eigenvalue weighted by atomic mass is 79.9. The molecule has 0 aliphatic carbocycles. The summed E-state index contributed by atoms with van der Waals surface area (Å²) >= 11 is 5.14. The Hall–Kier alpha value is -4.99. The summed E-state index contributed by atoms with van der Waals surface area (Å²) in [6, 6.07) is 33.6. The molecule has 9 heteroatoms. The summed E-state index contributed by atoms with van der Waals surface area (Å²) in [6.07, 6.45) is 1.57. The lowest BCUT2D eigenvalue weighted by molar-refractivity contribution is 0.0955. The molecule has 5 aromatic carbocycles. The summed E-state index contributed by atoms with van der Waals surface area (Å²) < 4.78 is 12.9. The Balaban J connectivity index is 1.08. The fourth-order valence-electron chi connectivity index (χ4n) is 4.85. The van der Waals surface area contributed by atoms with Crippen molar-refractivity contribution in [1.82, 2.24) is 10.4 Å². The number of nitrogens with zero attached hydrogens (tertiary/aromatic N) is 2. The monoisotopic (exact) mass is 690 g/mol. The van der Waals surface area contributed by atoms with Gasteiger partial charge in [0.25, 0.3) is 5.91 Å². The van der Waals surface area contributed by atoms with Gasteiger partial charge in [0.15, 0.2) is 16.6 Å². The fourth-order valence-corrected chi connectivity index (χ4v) is 6.01. The number of hydrazone groups is 1. The fraction of sp³-hybridized carbons (Fsp3) is 0.108. The molecule has 0 atom stereocenters. The number of hydrogen-bond acceptors (Lipinski definition) is 7. The van der Waals surface area contributed by atoms with Crippen molar-refractivity contribution in [3.8, 4) is 22.8 Å². The molecule has 0 unspecified atom stereocenters. The summed E-state index contributed by atoms with van der Waals surface area (Å²) in [5.41, 5.74) is 8.87. The van der Waals surface area contributed by atoms with E-state index in [4.69, 9.17) is 9.47 Å². The lowest BCUT2D eigenvalue weighted by Crippen LogP contribution is -2.17. The van der Waals surface area contributed by atoms with Crippen LogP contribution in [0, 0.1) is 6.92 Å². The number of ether oxygens (including phenoxy) is 2. The van der Waals surface area contributed by atoms with Gasteiger partial charge in [-0.05, 0) is 82.5 Å². The van der Waals surface area contributed by atoms with E-state index in [2.05, 4.69) is 80.1 Å². The maximum atomic E-state index is 12.8. The highest BCUT2D eigenvalue weighted by Gasteiger charge is 2.12. The summed E-state index contributed by atoms with van der Waals surface area (Å²) in [7, 11) is 0. The zero-order chi connectivity index (χ0) is 31.9. The van der Waals surface area contributed by atoms with Gasteiger partial charge in [0.05, 0.1) is 18.5 Å². The molecular formula is C37H31BrN4O3S. The highest BCUT2D eigenvalue weighted by Crippen LogP contribution is 2.34. The smallest absolute Gasteiger partial charge is 0.271 e. The van der Waals surface area contributed by atoms with E-state index in [9.17, 15) is 4.79 Å². The topological polar surface area (TPSA) is 84.8 Å². The second-order valence-corrected chi connectivity index (χ2v) is 12.2. The zero-order valence-electron chi connectivity index (χ0n) is 25.3. The van der Waals surface area contributed by atoms with Gasteiger partial charge < -0.3 is 14.8 Å². The maximum Gasteiger partial charge on any atom is 0.271 e. The molecule has 0 fully saturated rings. The van der Waals surface area contributed by atoms with Crippen molar-refractivity contribution in [2.24, 2.45) is 5.10 Å². The van der Waals surface area contributed by atoms with E-state index in [0.29, 0.717) is 30.3 Å². The minimum absolute atomic E-state index is 0.320. The third-order valence-corrected chi connectivity index (χ3v) is 8.69. The highest BCUT2D eigenvalue weighted by molar-refractivity contribution is 9.10. The van der Waals surface area contributed by atoms with E-state index in [1.807, 2.05) is 66.9 Å². The molecule has 1 aromatic heterocycles. The molecule has 7 nitrogen and oxygen atoms in total. The standard InChI is InChI=1S/C37H31BrN4O3S/c1-3-44-34-19-29(32(38)20-35(34)45-22-28-9-6-8-25-7-4-5-10-31(25)28)21-39-42-36(43)27-15-13-26(14-16-27)33-23-46-37(41-33)40-30-17-11-24(2)12-18-30/h4-21,23H,3,22H2,1-2H3,(H,40,41)(H,42,43)/b39-21-. The van der Waals surface area contributed by atoms with Gasteiger partial charge in [-0.2, -0.15) is 5.10 Å². The Bertz CT molecular complexity index is 2000. The molecule has 0 saturated carbocycles. The van der Waals surface area contributed by atoms with Gasteiger partial charge in [-0.3, -0.25) is 4.79 Å². The van der Waals surface area contributed by atoms with Crippen LogP contribution in [0.5, 0.6) is 11.5 Å². The van der Waals surface area contributed by atoms with Crippen LogP contribution in [0.15, 0.2) is 118 Å². The van der Waals surface area contributed by atoms with Gasteiger partial charge in [0, 0.05) is 32.2 Å². The minimum atomic E-state index is -0.320. The normalized spacial score (nSPS) is 11.1. The van der Waals surface area contributed by atoms with Crippen molar-refractivity contribution in [2.75, 3.05) is 11.9 Å². The Morgan fingerprint density at radius 1 is 0.935 bits per heavy atom. The SMILES string of the molecule is CCOc1cc(/C=N\NC(=O)c2ccc(-c3csc(Nc4ccc(C)cc4)n3)cc2)c(Br)cc1OCc1cccc2ccccc12. The molecule has 0 radical (unpaired) electrons. The molecule has 230 valence electrons. The number of hydrogen-bond donors (Lipinski definition) is 2. The number of carbonyl (C=O) groups excluding carboxylic acids is 1. The molecule has 1 heterocycles. The number of amides is 1. The van der Waals surface area contributed by atoms with E-state index in [0.717, 1.165) is 43.1 Å². The third kappa shape index (κ3) is 7.44. The number of aromatic nitrogens is 1. The maximum absolute atomic E-state index is 12.8. The van der Waals surface area contributed by atoms with E-state index >= 15 is 0 Å². The quantitative estimate of drug-likeness (QED) is 0.104. The number of benzene rings is 5. The van der Waals surface area contributed by atoms with E-state index in [-0.39, 0.29) is 5.91 Å². The second-order valence-electron chi connectivity index (χ2n) is 10.5. The van der Waals surface area contributed by atoms with E-state index in [1.54, 1.807) is 18.3 Å². The Labute approximate surface area is 280 Å². The zero-order valence-corrected chi connectivity index (χ0v) is 27.7. The van der Waals surface area contributed by atoms with Crippen molar-refractivity contribution in [3.05, 3.63) is 135 Å². The van der Waals surface area contributed by atoms with Crippen LogP contribution in [-0.4, -0.2) is 23.7 Å². The van der Waals surface area contributed by atoms with Crippen molar-refractivity contribution in [2.45, 2.75) is 20.5 Å². The first-order chi connectivity index (χ1) is 22.5. The van der Waals surface area contributed by atoms with Crippen LogP contribution in [0.2, 0.25) is 0 Å². The first kappa shape index (κ1) is 31.0. The van der Waals surface area contributed by atoms with Crippen LogP contribution in [0.25, 0.3) is 22.0 Å². The van der Waals surface area contributed by atoms with Crippen LogP contribution in [0.3, 0.4) is 0 Å². The van der Waals surface area contributed by atoms with Crippen LogP contribution in [-0.2, 0) is 6.61 Å². The molecule has 46 heavy (non-hydrogen) atoms. The van der Waals surface area contributed by atoms with Crippen LogP contribution in [0.4, 0.5) is 10.8 Å². The summed E-state index contributed by atoms with van der Waals surface area (Å²) in [5.74, 6) is 0.883. The van der Waals surface area contributed by atoms with Gasteiger partial charge in [-0.15, -0.1) is 11.3 Å². The first-order valence-corrected chi connectivity index (χ1v) is 16.4. The summed E-state index contributed by atoms with van der Waals surface area (Å²) in [5, 5.41) is 12.6. The first-order valence-electron chi connectivity index (χ1n) is 14.8. The van der Waals surface area contributed by atoms with Crippen LogP contribution < -0.4 is 20.2 Å².